The van der Waals surface area contributed by atoms with Gasteiger partial charge in [0.15, 0.2) is 6.29 Å². The van der Waals surface area contributed by atoms with Gasteiger partial charge in [-0.25, -0.2) is 4.98 Å². The van der Waals surface area contributed by atoms with Gasteiger partial charge >= 0.3 is 0 Å². The van der Waals surface area contributed by atoms with E-state index >= 15 is 0 Å². The fourth-order valence-corrected chi connectivity index (χ4v) is 3.88. The number of aromatic nitrogens is 2. The van der Waals surface area contributed by atoms with E-state index in [0.29, 0.717) is 32.1 Å². The molecule has 3 aromatic rings. The fraction of sp³-hybridized carbons (Fsp3) is 0.304. The summed E-state index contributed by atoms with van der Waals surface area (Å²) in [4.78, 5) is 11.4. The fourth-order valence-electron chi connectivity index (χ4n) is 3.88. The summed E-state index contributed by atoms with van der Waals surface area (Å²) < 4.78 is 16.8. The lowest BCUT2D eigenvalue weighted by molar-refractivity contribution is -0.0440. The van der Waals surface area contributed by atoms with Crippen LogP contribution in [0.4, 0.5) is 11.5 Å². The van der Waals surface area contributed by atoms with Crippen LogP contribution < -0.4 is 10.6 Å². The van der Waals surface area contributed by atoms with E-state index < -0.39 is 0 Å². The summed E-state index contributed by atoms with van der Waals surface area (Å²) in [6.45, 7) is 4.29. The number of anilines is 2. The molecule has 7 heteroatoms. The average Bonchev–Trinajstić information content (AvgIpc) is 3.35. The molecule has 2 saturated heterocycles. The Hall–Kier alpha value is -3.00. The van der Waals surface area contributed by atoms with Gasteiger partial charge in [0, 0.05) is 36.0 Å². The third kappa shape index (κ3) is 3.75. The molecule has 0 amide bonds. The number of morpholine rings is 1. The van der Waals surface area contributed by atoms with Gasteiger partial charge in [-0.15, -0.1) is 0 Å². The van der Waals surface area contributed by atoms with Crippen LogP contribution in [0.2, 0.25) is 0 Å². The van der Waals surface area contributed by atoms with Crippen LogP contribution in [0.15, 0.2) is 54.9 Å². The normalized spacial score (nSPS) is 17.4. The SMILES string of the molecule is Nc1cnccc1-c1nc(N2CCOCC2)ccc1-c1cccc(C2OCCO2)c1. The van der Waals surface area contributed by atoms with Crippen LogP contribution >= 0.6 is 0 Å². The minimum atomic E-state index is -0.319. The van der Waals surface area contributed by atoms with E-state index in [1.807, 2.05) is 18.2 Å². The first kappa shape index (κ1) is 19.0. The molecule has 0 aliphatic carbocycles. The molecule has 0 atom stereocenters. The van der Waals surface area contributed by atoms with Gasteiger partial charge in [0.1, 0.15) is 5.82 Å². The van der Waals surface area contributed by atoms with E-state index in [0.717, 1.165) is 46.9 Å². The maximum Gasteiger partial charge on any atom is 0.184 e. The zero-order valence-electron chi connectivity index (χ0n) is 16.7. The van der Waals surface area contributed by atoms with Gasteiger partial charge in [0.05, 0.1) is 44.0 Å². The van der Waals surface area contributed by atoms with E-state index in [1.165, 1.54) is 0 Å². The Morgan fingerprint density at radius 3 is 2.57 bits per heavy atom. The highest BCUT2D eigenvalue weighted by molar-refractivity contribution is 5.86. The molecule has 1 aromatic carbocycles. The van der Waals surface area contributed by atoms with Crippen molar-refractivity contribution in [3.8, 4) is 22.4 Å². The predicted molar refractivity (Wildman–Crippen MR) is 115 cm³/mol. The number of benzene rings is 1. The van der Waals surface area contributed by atoms with Crippen molar-refractivity contribution in [3.63, 3.8) is 0 Å². The van der Waals surface area contributed by atoms with Crippen LogP contribution in [-0.4, -0.2) is 49.5 Å². The Kier molecular flexibility index (Phi) is 5.31. The zero-order valence-corrected chi connectivity index (χ0v) is 16.7. The molecule has 2 aliphatic heterocycles. The maximum atomic E-state index is 6.28. The van der Waals surface area contributed by atoms with Crippen LogP contribution in [-0.2, 0) is 14.2 Å². The molecule has 2 N–H and O–H groups in total. The summed E-state index contributed by atoms with van der Waals surface area (Å²) in [6.07, 6.45) is 3.09. The molecule has 154 valence electrons. The summed E-state index contributed by atoms with van der Waals surface area (Å²) in [7, 11) is 0. The summed E-state index contributed by atoms with van der Waals surface area (Å²) in [6, 6.07) is 14.3. The number of ether oxygens (including phenoxy) is 3. The summed E-state index contributed by atoms with van der Waals surface area (Å²) in [5.74, 6) is 0.923. The number of nitrogens with two attached hydrogens (primary N) is 1. The van der Waals surface area contributed by atoms with Crippen molar-refractivity contribution in [2.75, 3.05) is 50.2 Å². The second kappa shape index (κ2) is 8.39. The molecule has 0 unspecified atom stereocenters. The van der Waals surface area contributed by atoms with Crippen LogP contribution in [0.3, 0.4) is 0 Å². The number of rotatable bonds is 4. The highest BCUT2D eigenvalue weighted by Crippen LogP contribution is 2.36. The van der Waals surface area contributed by atoms with Crippen molar-refractivity contribution in [2.45, 2.75) is 6.29 Å². The molecule has 0 spiro atoms. The molecule has 5 rings (SSSR count). The highest BCUT2D eigenvalue weighted by Gasteiger charge is 2.21. The maximum absolute atomic E-state index is 6.28. The van der Waals surface area contributed by atoms with Crippen LogP contribution in [0.1, 0.15) is 11.9 Å². The van der Waals surface area contributed by atoms with Crippen molar-refractivity contribution in [1.82, 2.24) is 9.97 Å². The highest BCUT2D eigenvalue weighted by atomic mass is 16.7. The van der Waals surface area contributed by atoms with Gasteiger partial charge in [0.25, 0.3) is 0 Å². The molecule has 0 bridgehead atoms. The third-order valence-electron chi connectivity index (χ3n) is 5.41. The summed E-state index contributed by atoms with van der Waals surface area (Å²) in [5, 5.41) is 0. The van der Waals surface area contributed by atoms with Crippen molar-refractivity contribution < 1.29 is 14.2 Å². The van der Waals surface area contributed by atoms with Crippen LogP contribution in [0.5, 0.6) is 0 Å². The Bertz CT molecular complexity index is 1030. The second-order valence-corrected chi connectivity index (χ2v) is 7.33. The minimum absolute atomic E-state index is 0.319. The quantitative estimate of drug-likeness (QED) is 0.714. The molecule has 7 nitrogen and oxygen atoms in total. The number of hydrogen-bond donors (Lipinski definition) is 1. The van der Waals surface area contributed by atoms with Gasteiger partial charge in [-0.2, -0.15) is 0 Å². The summed E-state index contributed by atoms with van der Waals surface area (Å²) >= 11 is 0. The molecule has 4 heterocycles. The monoisotopic (exact) mass is 404 g/mol. The standard InChI is InChI=1S/C23H24N4O3/c24-20-15-25-7-6-19(20)22-18(4-5-21(26-22)27-8-10-28-11-9-27)16-2-1-3-17(14-16)23-29-12-13-30-23/h1-7,14-15,23H,8-13,24H2. The predicted octanol–water partition coefficient (Wildman–Crippen LogP) is 3.27. The Morgan fingerprint density at radius 2 is 1.77 bits per heavy atom. The Morgan fingerprint density at radius 1 is 0.933 bits per heavy atom. The first-order chi connectivity index (χ1) is 14.8. The lowest BCUT2D eigenvalue weighted by Gasteiger charge is -2.28. The van der Waals surface area contributed by atoms with Crippen molar-refractivity contribution in [3.05, 3.63) is 60.4 Å². The number of nitrogens with zero attached hydrogens (tertiary/aromatic N) is 3. The lowest BCUT2D eigenvalue weighted by Crippen LogP contribution is -2.36. The van der Waals surface area contributed by atoms with E-state index in [9.17, 15) is 0 Å². The van der Waals surface area contributed by atoms with Crippen molar-refractivity contribution in [1.29, 1.82) is 0 Å². The number of nitrogen functional groups attached to an aromatic ring is 1. The van der Waals surface area contributed by atoms with Gasteiger partial charge in [-0.1, -0.05) is 18.2 Å². The zero-order chi connectivity index (χ0) is 20.3. The molecular weight excluding hydrogens is 380 g/mol. The van der Waals surface area contributed by atoms with Gasteiger partial charge in [0.2, 0.25) is 0 Å². The molecule has 30 heavy (non-hydrogen) atoms. The Balaban J connectivity index is 1.60. The lowest BCUT2D eigenvalue weighted by atomic mass is 9.97. The topological polar surface area (TPSA) is 82.7 Å². The third-order valence-corrected chi connectivity index (χ3v) is 5.41. The smallest absolute Gasteiger partial charge is 0.184 e. The van der Waals surface area contributed by atoms with E-state index in [1.54, 1.807) is 12.4 Å². The average molecular weight is 404 g/mol. The Labute approximate surface area is 175 Å². The van der Waals surface area contributed by atoms with Gasteiger partial charge in [-0.3, -0.25) is 4.98 Å². The largest absolute Gasteiger partial charge is 0.397 e. The minimum Gasteiger partial charge on any atom is -0.397 e. The molecule has 0 saturated carbocycles. The van der Waals surface area contributed by atoms with E-state index in [4.69, 9.17) is 24.9 Å². The molecule has 2 aliphatic rings. The van der Waals surface area contributed by atoms with Gasteiger partial charge < -0.3 is 24.8 Å². The molecule has 2 aromatic heterocycles. The van der Waals surface area contributed by atoms with Crippen LogP contribution in [0.25, 0.3) is 22.4 Å². The second-order valence-electron chi connectivity index (χ2n) is 7.33. The summed E-state index contributed by atoms with van der Waals surface area (Å²) in [5.41, 5.74) is 11.6. The first-order valence-corrected chi connectivity index (χ1v) is 10.2. The molecular formula is C23H24N4O3. The van der Waals surface area contributed by atoms with Crippen LogP contribution in [0, 0.1) is 0 Å². The van der Waals surface area contributed by atoms with Crippen molar-refractivity contribution in [2.24, 2.45) is 0 Å². The molecule has 0 radical (unpaired) electrons. The van der Waals surface area contributed by atoms with E-state index in [-0.39, 0.29) is 6.29 Å². The molecule has 2 fully saturated rings. The first-order valence-electron chi connectivity index (χ1n) is 10.2. The van der Waals surface area contributed by atoms with Crippen molar-refractivity contribution >= 4 is 11.5 Å². The van der Waals surface area contributed by atoms with Gasteiger partial charge in [-0.05, 0) is 29.8 Å². The number of hydrogen-bond acceptors (Lipinski definition) is 7. The van der Waals surface area contributed by atoms with E-state index in [2.05, 4.69) is 34.1 Å². The number of pyridine rings is 2.